The predicted molar refractivity (Wildman–Crippen MR) is 118 cm³/mol. The van der Waals surface area contributed by atoms with Crippen molar-refractivity contribution in [1.29, 1.82) is 0 Å². The molecule has 0 aliphatic heterocycles. The molecule has 0 aliphatic rings. The summed E-state index contributed by atoms with van der Waals surface area (Å²) in [4.78, 5) is 25.4. The van der Waals surface area contributed by atoms with E-state index in [1.807, 2.05) is 47.8 Å². The minimum absolute atomic E-state index is 0.169. The molecule has 0 saturated heterocycles. The quantitative estimate of drug-likeness (QED) is 0.345. The highest BCUT2D eigenvalue weighted by Gasteiger charge is 2.24. The topological polar surface area (TPSA) is 68.5 Å². The molecule has 2 aromatic carbocycles. The van der Waals surface area contributed by atoms with Crippen LogP contribution >= 0.6 is 27.3 Å². The highest BCUT2D eigenvalue weighted by atomic mass is 79.9. The van der Waals surface area contributed by atoms with Crippen molar-refractivity contribution in [3.8, 4) is 11.1 Å². The first-order valence-corrected chi connectivity index (χ1v) is 10.6. The maximum atomic E-state index is 12.8. The van der Waals surface area contributed by atoms with Crippen molar-refractivity contribution in [3.63, 3.8) is 0 Å². The van der Waals surface area contributed by atoms with Crippen LogP contribution in [-0.4, -0.2) is 18.5 Å². The second kappa shape index (κ2) is 8.23. The number of rotatable bonds is 5. The van der Waals surface area contributed by atoms with Crippen LogP contribution in [0.4, 0.5) is 5.00 Å². The number of carbonyl (C=O) groups excluding carboxylic acids is 2. The van der Waals surface area contributed by atoms with Gasteiger partial charge in [0.15, 0.2) is 5.76 Å². The third-order valence-corrected chi connectivity index (χ3v) is 5.67. The number of esters is 1. The molecule has 2 aromatic heterocycles. The highest BCUT2D eigenvalue weighted by molar-refractivity contribution is 9.10. The smallest absolute Gasteiger partial charge is 0.341 e. The van der Waals surface area contributed by atoms with Crippen LogP contribution in [0, 0.1) is 0 Å². The lowest BCUT2D eigenvalue weighted by Gasteiger charge is -2.08. The van der Waals surface area contributed by atoms with Gasteiger partial charge < -0.3 is 14.5 Å². The number of thiophene rings is 1. The van der Waals surface area contributed by atoms with E-state index in [-0.39, 0.29) is 12.4 Å². The van der Waals surface area contributed by atoms with Crippen LogP contribution in [0.3, 0.4) is 0 Å². The number of nitrogens with one attached hydrogen (secondary N) is 1. The Labute approximate surface area is 179 Å². The molecule has 0 spiro atoms. The zero-order chi connectivity index (χ0) is 20.4. The van der Waals surface area contributed by atoms with Gasteiger partial charge in [0.25, 0.3) is 5.91 Å². The fourth-order valence-electron chi connectivity index (χ4n) is 2.98. The Morgan fingerprint density at radius 1 is 1.14 bits per heavy atom. The average Bonchev–Trinajstić information content (AvgIpc) is 3.32. The van der Waals surface area contributed by atoms with Crippen LogP contribution in [0.2, 0.25) is 0 Å². The molecule has 0 saturated carbocycles. The van der Waals surface area contributed by atoms with Gasteiger partial charge in [-0.05, 0) is 36.8 Å². The fourth-order valence-corrected chi connectivity index (χ4v) is 4.31. The van der Waals surface area contributed by atoms with E-state index in [2.05, 4.69) is 21.2 Å². The number of fused-ring (bicyclic) bond motifs is 1. The maximum absolute atomic E-state index is 12.8. The first-order valence-electron chi connectivity index (χ1n) is 8.91. The van der Waals surface area contributed by atoms with Crippen molar-refractivity contribution in [2.24, 2.45) is 0 Å². The van der Waals surface area contributed by atoms with Crippen molar-refractivity contribution < 1.29 is 18.7 Å². The minimum atomic E-state index is -0.476. The third-order valence-electron chi connectivity index (χ3n) is 4.28. The van der Waals surface area contributed by atoms with E-state index >= 15 is 0 Å². The average molecular weight is 470 g/mol. The molecule has 29 heavy (non-hydrogen) atoms. The molecule has 4 aromatic rings. The van der Waals surface area contributed by atoms with Crippen molar-refractivity contribution in [3.05, 3.63) is 75.8 Å². The Kier molecular flexibility index (Phi) is 5.51. The summed E-state index contributed by atoms with van der Waals surface area (Å²) >= 11 is 4.68. The van der Waals surface area contributed by atoms with Gasteiger partial charge in [0.05, 0.1) is 6.61 Å². The standard InChI is InChI=1S/C22H16BrNO4S/c1-2-27-22(26)19-16(13-6-4-3-5-7-13)12-29-21(19)24-20(25)18-11-14-10-15(23)8-9-17(14)28-18/h3-12H,2H2,1H3,(H,24,25). The summed E-state index contributed by atoms with van der Waals surface area (Å²) in [7, 11) is 0. The van der Waals surface area contributed by atoms with Crippen LogP contribution < -0.4 is 5.32 Å². The van der Waals surface area contributed by atoms with Gasteiger partial charge >= 0.3 is 5.97 Å². The third kappa shape index (κ3) is 3.97. The van der Waals surface area contributed by atoms with E-state index in [1.165, 1.54) is 11.3 Å². The number of anilines is 1. The van der Waals surface area contributed by atoms with Crippen LogP contribution in [0.1, 0.15) is 27.8 Å². The van der Waals surface area contributed by atoms with E-state index in [4.69, 9.17) is 9.15 Å². The van der Waals surface area contributed by atoms with Gasteiger partial charge in [0, 0.05) is 20.8 Å². The summed E-state index contributed by atoms with van der Waals surface area (Å²) in [5.41, 5.74) is 2.55. The molecular formula is C22H16BrNO4S. The molecule has 1 N–H and O–H groups in total. The molecular weight excluding hydrogens is 454 g/mol. The lowest BCUT2D eigenvalue weighted by Crippen LogP contribution is -2.14. The zero-order valence-electron chi connectivity index (χ0n) is 15.4. The van der Waals surface area contributed by atoms with Gasteiger partial charge in [0.2, 0.25) is 0 Å². The molecule has 2 heterocycles. The van der Waals surface area contributed by atoms with Gasteiger partial charge in [-0.1, -0.05) is 46.3 Å². The largest absolute Gasteiger partial charge is 0.462 e. The Hall–Kier alpha value is -2.90. The number of ether oxygens (including phenoxy) is 1. The van der Waals surface area contributed by atoms with Gasteiger partial charge in [-0.2, -0.15) is 0 Å². The molecule has 0 atom stereocenters. The summed E-state index contributed by atoms with van der Waals surface area (Å²) in [6.07, 6.45) is 0. The molecule has 4 rings (SSSR count). The van der Waals surface area contributed by atoms with Crippen molar-refractivity contribution in [2.45, 2.75) is 6.92 Å². The molecule has 0 fully saturated rings. The Morgan fingerprint density at radius 2 is 1.93 bits per heavy atom. The minimum Gasteiger partial charge on any atom is -0.462 e. The van der Waals surface area contributed by atoms with E-state index < -0.39 is 11.9 Å². The molecule has 0 bridgehead atoms. The lowest BCUT2D eigenvalue weighted by molar-refractivity contribution is 0.0529. The van der Waals surface area contributed by atoms with Gasteiger partial charge in [-0.15, -0.1) is 11.3 Å². The molecule has 7 heteroatoms. The van der Waals surface area contributed by atoms with Gasteiger partial charge in [0.1, 0.15) is 16.1 Å². The molecule has 5 nitrogen and oxygen atoms in total. The van der Waals surface area contributed by atoms with Crippen LogP contribution in [0.25, 0.3) is 22.1 Å². The number of carbonyl (C=O) groups is 2. The van der Waals surface area contributed by atoms with Gasteiger partial charge in [-0.25, -0.2) is 4.79 Å². The number of benzene rings is 2. The monoisotopic (exact) mass is 469 g/mol. The second-order valence-electron chi connectivity index (χ2n) is 6.19. The summed E-state index contributed by atoms with van der Waals surface area (Å²) in [5.74, 6) is -0.733. The molecule has 1 amide bonds. The summed E-state index contributed by atoms with van der Waals surface area (Å²) < 4.78 is 11.8. The Balaban J connectivity index is 1.69. The summed E-state index contributed by atoms with van der Waals surface area (Å²) in [6, 6.07) is 16.7. The predicted octanol–water partition coefficient (Wildman–Crippen LogP) is 6.35. The number of halogens is 1. The summed E-state index contributed by atoms with van der Waals surface area (Å²) in [6.45, 7) is 1.99. The number of furan rings is 1. The highest BCUT2D eigenvalue weighted by Crippen LogP contribution is 2.36. The van der Waals surface area contributed by atoms with Gasteiger partial charge in [-0.3, -0.25) is 4.79 Å². The molecule has 0 aliphatic carbocycles. The first kappa shape index (κ1) is 19.4. The molecule has 146 valence electrons. The number of hydrogen-bond acceptors (Lipinski definition) is 5. The number of amides is 1. The number of hydrogen-bond donors (Lipinski definition) is 1. The van der Waals surface area contributed by atoms with Crippen molar-refractivity contribution in [1.82, 2.24) is 0 Å². The van der Waals surface area contributed by atoms with Crippen molar-refractivity contribution in [2.75, 3.05) is 11.9 Å². The van der Waals surface area contributed by atoms with E-state index in [0.717, 1.165) is 21.0 Å². The Morgan fingerprint density at radius 3 is 2.69 bits per heavy atom. The van der Waals surface area contributed by atoms with Crippen LogP contribution in [0.5, 0.6) is 0 Å². The zero-order valence-corrected chi connectivity index (χ0v) is 17.8. The second-order valence-corrected chi connectivity index (χ2v) is 7.98. The fraction of sp³-hybridized carbons (Fsp3) is 0.0909. The normalized spacial score (nSPS) is 10.8. The molecule has 0 radical (unpaired) electrons. The van der Waals surface area contributed by atoms with Crippen LogP contribution in [-0.2, 0) is 4.74 Å². The van der Waals surface area contributed by atoms with Crippen molar-refractivity contribution >= 4 is 55.1 Å². The van der Waals surface area contributed by atoms with Crippen LogP contribution in [0.15, 0.2) is 68.9 Å². The van der Waals surface area contributed by atoms with E-state index in [0.29, 0.717) is 16.1 Å². The maximum Gasteiger partial charge on any atom is 0.341 e. The van der Waals surface area contributed by atoms with E-state index in [9.17, 15) is 9.59 Å². The Bertz CT molecular complexity index is 1200. The summed E-state index contributed by atoms with van der Waals surface area (Å²) in [5, 5.41) is 5.88. The van der Waals surface area contributed by atoms with E-state index in [1.54, 1.807) is 19.1 Å². The lowest BCUT2D eigenvalue weighted by atomic mass is 10.0. The first-order chi connectivity index (χ1) is 14.1. The SMILES string of the molecule is CCOC(=O)c1c(-c2ccccc2)csc1NC(=O)c1cc2cc(Br)ccc2o1. The molecule has 0 unspecified atom stereocenters.